The van der Waals surface area contributed by atoms with E-state index in [0.29, 0.717) is 21.1 Å². The molecule has 0 fully saturated rings. The molecule has 1 aromatic carbocycles. The van der Waals surface area contributed by atoms with E-state index in [1.54, 1.807) is 0 Å². The Morgan fingerprint density at radius 1 is 1.30 bits per heavy atom. The van der Waals surface area contributed by atoms with Crippen molar-refractivity contribution in [3.63, 3.8) is 0 Å². The number of rotatable bonds is 4. The second-order valence-electron chi connectivity index (χ2n) is 5.49. The Labute approximate surface area is 160 Å². The molecule has 0 unspecified atom stereocenters. The molecule has 0 aliphatic rings. The van der Waals surface area contributed by atoms with Crippen LogP contribution >= 0.6 is 23.1 Å². The molecule has 0 aliphatic heterocycles. The van der Waals surface area contributed by atoms with Crippen LogP contribution in [0.5, 0.6) is 5.75 Å². The van der Waals surface area contributed by atoms with Crippen molar-refractivity contribution in [1.29, 1.82) is 5.26 Å². The lowest BCUT2D eigenvalue weighted by atomic mass is 10.2. The van der Waals surface area contributed by atoms with Crippen molar-refractivity contribution in [3.8, 4) is 17.5 Å². The van der Waals surface area contributed by atoms with E-state index in [2.05, 4.69) is 9.72 Å². The molecular weight excluding hydrogens is 399 g/mol. The van der Waals surface area contributed by atoms with E-state index in [0.717, 1.165) is 34.3 Å². The summed E-state index contributed by atoms with van der Waals surface area (Å²) in [5.41, 5.74) is 0.828. The van der Waals surface area contributed by atoms with Gasteiger partial charge in [0.15, 0.2) is 5.16 Å². The van der Waals surface area contributed by atoms with Crippen LogP contribution in [0.15, 0.2) is 34.2 Å². The zero-order chi connectivity index (χ0) is 19.8. The van der Waals surface area contributed by atoms with Crippen molar-refractivity contribution < 1.29 is 17.9 Å². The lowest BCUT2D eigenvalue weighted by molar-refractivity contribution is -0.274. The summed E-state index contributed by atoms with van der Waals surface area (Å²) in [6, 6.07) is 6.93. The molecule has 0 spiro atoms. The summed E-state index contributed by atoms with van der Waals surface area (Å²) >= 11 is 2.47. The smallest absolute Gasteiger partial charge is 0.406 e. The number of nitrogens with zero attached hydrogens (tertiary/aromatic N) is 3. The van der Waals surface area contributed by atoms with E-state index >= 15 is 0 Å². The van der Waals surface area contributed by atoms with Gasteiger partial charge in [-0.05, 0) is 43.7 Å². The molecule has 0 amide bonds. The minimum Gasteiger partial charge on any atom is -0.406 e. The number of alkyl halides is 3. The molecule has 3 rings (SSSR count). The highest BCUT2D eigenvalue weighted by Gasteiger charge is 2.31. The lowest BCUT2D eigenvalue weighted by Gasteiger charge is -2.13. The summed E-state index contributed by atoms with van der Waals surface area (Å²) in [6.45, 7) is 3.71. The highest BCUT2D eigenvalue weighted by atomic mass is 32.2. The van der Waals surface area contributed by atoms with Crippen LogP contribution in [0.2, 0.25) is 0 Å². The monoisotopic (exact) mass is 411 g/mol. The van der Waals surface area contributed by atoms with Crippen LogP contribution in [0.1, 0.15) is 10.4 Å². The van der Waals surface area contributed by atoms with E-state index in [4.69, 9.17) is 5.26 Å². The van der Waals surface area contributed by atoms with Crippen LogP contribution in [-0.2, 0) is 0 Å². The van der Waals surface area contributed by atoms with E-state index < -0.39 is 6.36 Å². The normalized spacial score (nSPS) is 11.6. The van der Waals surface area contributed by atoms with Crippen LogP contribution in [0.4, 0.5) is 13.2 Å². The summed E-state index contributed by atoms with van der Waals surface area (Å²) < 4.78 is 42.2. The summed E-state index contributed by atoms with van der Waals surface area (Å²) in [5.74, 6) is -0.307. The van der Waals surface area contributed by atoms with E-state index in [9.17, 15) is 18.0 Å². The zero-order valence-electron chi connectivity index (χ0n) is 14.1. The summed E-state index contributed by atoms with van der Waals surface area (Å²) in [6.07, 6.45) is -4.79. The second-order valence-corrected chi connectivity index (χ2v) is 7.63. The standard InChI is InChI=1S/C17H12F3N3O2S2/c1-9-10(2)27-14-13(9)15(24)23(16(22-14)26-8-7-21)11-3-5-12(6-4-11)25-17(18,19)20/h3-6H,8H2,1-2H3. The molecule has 140 valence electrons. The molecule has 0 radical (unpaired) electrons. The van der Waals surface area contributed by atoms with Crippen LogP contribution in [0, 0.1) is 25.2 Å². The number of ether oxygens (including phenoxy) is 1. The van der Waals surface area contributed by atoms with Crippen LogP contribution in [0.3, 0.4) is 0 Å². The molecule has 5 nitrogen and oxygen atoms in total. The molecule has 0 bridgehead atoms. The maximum atomic E-state index is 13.1. The van der Waals surface area contributed by atoms with Crippen molar-refractivity contribution in [2.24, 2.45) is 0 Å². The van der Waals surface area contributed by atoms with Gasteiger partial charge in [-0.1, -0.05) is 11.8 Å². The van der Waals surface area contributed by atoms with Gasteiger partial charge < -0.3 is 4.74 Å². The number of aromatic nitrogens is 2. The first kappa shape index (κ1) is 19.3. The number of benzene rings is 1. The topological polar surface area (TPSA) is 67.9 Å². The molecule has 0 saturated heterocycles. The highest BCUT2D eigenvalue weighted by Crippen LogP contribution is 2.30. The molecular formula is C17H12F3N3O2S2. The van der Waals surface area contributed by atoms with Gasteiger partial charge in [-0.3, -0.25) is 9.36 Å². The largest absolute Gasteiger partial charge is 0.573 e. The van der Waals surface area contributed by atoms with Gasteiger partial charge in [-0.25, -0.2) is 4.98 Å². The van der Waals surface area contributed by atoms with Crippen LogP contribution < -0.4 is 10.3 Å². The zero-order valence-corrected chi connectivity index (χ0v) is 15.8. The Balaban J connectivity index is 2.16. The first-order chi connectivity index (χ1) is 12.7. The van der Waals surface area contributed by atoms with Gasteiger partial charge >= 0.3 is 6.36 Å². The summed E-state index contributed by atoms with van der Waals surface area (Å²) in [7, 11) is 0. The fraction of sp³-hybridized carbons (Fsp3) is 0.235. The Hall–Kier alpha value is -2.51. The van der Waals surface area contributed by atoms with Gasteiger partial charge in [0.1, 0.15) is 10.6 Å². The average molecular weight is 411 g/mol. The number of thioether (sulfide) groups is 1. The fourth-order valence-electron chi connectivity index (χ4n) is 2.49. The van der Waals surface area contributed by atoms with Gasteiger partial charge in [0, 0.05) is 4.88 Å². The second kappa shape index (κ2) is 7.25. The molecule has 10 heteroatoms. The Morgan fingerprint density at radius 3 is 2.56 bits per heavy atom. The van der Waals surface area contributed by atoms with E-state index in [1.165, 1.54) is 28.0 Å². The van der Waals surface area contributed by atoms with Gasteiger partial charge in [0.2, 0.25) is 0 Å². The molecule has 0 aliphatic carbocycles. The van der Waals surface area contributed by atoms with Gasteiger partial charge in [-0.15, -0.1) is 24.5 Å². The van der Waals surface area contributed by atoms with Crippen molar-refractivity contribution in [2.75, 3.05) is 5.75 Å². The molecule has 3 aromatic rings. The van der Waals surface area contributed by atoms with Crippen molar-refractivity contribution >= 4 is 33.3 Å². The first-order valence-corrected chi connectivity index (χ1v) is 9.40. The number of hydrogen-bond donors (Lipinski definition) is 0. The Bertz CT molecular complexity index is 1100. The minimum atomic E-state index is -4.79. The predicted molar refractivity (Wildman–Crippen MR) is 97.7 cm³/mol. The molecule has 2 aromatic heterocycles. The van der Waals surface area contributed by atoms with Crippen molar-refractivity contribution in [2.45, 2.75) is 25.4 Å². The van der Waals surface area contributed by atoms with Crippen LogP contribution in [0.25, 0.3) is 15.9 Å². The Kier molecular flexibility index (Phi) is 5.17. The van der Waals surface area contributed by atoms with Gasteiger partial charge in [0.05, 0.1) is 22.9 Å². The Morgan fingerprint density at radius 2 is 1.96 bits per heavy atom. The summed E-state index contributed by atoms with van der Waals surface area (Å²) in [5, 5.41) is 9.63. The van der Waals surface area contributed by atoms with Gasteiger partial charge in [0.25, 0.3) is 5.56 Å². The quantitative estimate of drug-likeness (QED) is 0.464. The summed E-state index contributed by atoms with van der Waals surface area (Å²) in [4.78, 5) is 19.1. The third-order valence-electron chi connectivity index (χ3n) is 3.77. The highest BCUT2D eigenvalue weighted by molar-refractivity contribution is 7.99. The number of hydrogen-bond acceptors (Lipinski definition) is 6. The number of fused-ring (bicyclic) bond motifs is 1. The predicted octanol–water partition coefficient (Wildman–Crippen LogP) is 4.58. The maximum Gasteiger partial charge on any atom is 0.573 e. The molecule has 27 heavy (non-hydrogen) atoms. The molecule has 2 heterocycles. The number of nitriles is 1. The number of thiophene rings is 1. The van der Waals surface area contributed by atoms with E-state index in [1.807, 2.05) is 19.9 Å². The fourth-order valence-corrected chi connectivity index (χ4v) is 4.24. The van der Waals surface area contributed by atoms with Crippen LogP contribution in [-0.4, -0.2) is 21.7 Å². The molecule has 0 N–H and O–H groups in total. The number of halogens is 3. The molecule has 0 saturated carbocycles. The third-order valence-corrected chi connectivity index (χ3v) is 5.67. The number of aryl methyl sites for hydroxylation is 2. The average Bonchev–Trinajstić information content (AvgIpc) is 2.87. The lowest BCUT2D eigenvalue weighted by Crippen LogP contribution is -2.22. The first-order valence-electron chi connectivity index (χ1n) is 7.60. The third kappa shape index (κ3) is 3.94. The van der Waals surface area contributed by atoms with Crippen molar-refractivity contribution in [1.82, 2.24) is 9.55 Å². The molecule has 0 atom stereocenters. The van der Waals surface area contributed by atoms with E-state index in [-0.39, 0.29) is 17.1 Å². The van der Waals surface area contributed by atoms with Crippen molar-refractivity contribution in [3.05, 3.63) is 45.1 Å². The maximum absolute atomic E-state index is 13.1. The SMILES string of the molecule is Cc1sc2nc(SCC#N)n(-c3ccc(OC(F)(F)F)cc3)c(=O)c2c1C. The van der Waals surface area contributed by atoms with Gasteiger partial charge in [-0.2, -0.15) is 5.26 Å². The minimum absolute atomic E-state index is 0.0799.